The molecule has 2 aromatic heterocycles. The molecule has 102 valence electrons. The Balaban J connectivity index is 2.13. The number of sulfonamides is 1. The normalized spacial score (nSPS) is 11.4. The van der Waals surface area contributed by atoms with Crippen molar-refractivity contribution < 1.29 is 13.5 Å². The molecule has 0 saturated heterocycles. The minimum absolute atomic E-state index is 0.0276. The van der Waals surface area contributed by atoms with E-state index in [1.165, 1.54) is 29.3 Å². The first-order chi connectivity index (χ1) is 9.12. The Morgan fingerprint density at radius 3 is 2.95 bits per heavy atom. The molecule has 0 aliphatic carbocycles. The van der Waals surface area contributed by atoms with Crippen molar-refractivity contribution in [1.82, 2.24) is 20.0 Å². The molecule has 0 atom stereocenters. The third-order valence-corrected chi connectivity index (χ3v) is 3.59. The first-order valence-electron chi connectivity index (χ1n) is 5.55. The van der Waals surface area contributed by atoms with Crippen LogP contribution in [0.3, 0.4) is 0 Å². The summed E-state index contributed by atoms with van der Waals surface area (Å²) in [6.45, 7) is 0.483. The summed E-state index contributed by atoms with van der Waals surface area (Å²) in [6, 6.07) is 3.08. The maximum absolute atomic E-state index is 12.0. The Labute approximate surface area is 110 Å². The number of aryl methyl sites for hydroxylation is 1. The molecule has 0 spiro atoms. The van der Waals surface area contributed by atoms with Gasteiger partial charge in [0.25, 0.3) is 10.0 Å². The monoisotopic (exact) mass is 283 g/mol. The molecule has 2 rings (SSSR count). The van der Waals surface area contributed by atoms with Gasteiger partial charge in [0.2, 0.25) is 0 Å². The van der Waals surface area contributed by atoms with E-state index in [1.807, 2.05) is 0 Å². The highest BCUT2D eigenvalue weighted by atomic mass is 32.2. The highest BCUT2D eigenvalue weighted by molar-refractivity contribution is 7.92. The second-order valence-corrected chi connectivity index (χ2v) is 5.41. The minimum atomic E-state index is -3.72. The molecule has 8 nitrogen and oxygen atoms in total. The lowest BCUT2D eigenvalue weighted by atomic mass is 10.5. The number of rotatable bonds is 6. The molecule has 9 heteroatoms. The van der Waals surface area contributed by atoms with Gasteiger partial charge in [0.15, 0.2) is 5.82 Å². The van der Waals surface area contributed by atoms with Crippen LogP contribution in [0, 0.1) is 0 Å². The predicted octanol–water partition coefficient (Wildman–Crippen LogP) is -0.144. The third-order valence-electron chi connectivity index (χ3n) is 2.28. The number of nitrogens with zero attached hydrogens (tertiary/aromatic N) is 4. The average Bonchev–Trinajstić information content (AvgIpc) is 2.86. The summed E-state index contributed by atoms with van der Waals surface area (Å²) in [5.41, 5.74) is 0. The van der Waals surface area contributed by atoms with Crippen molar-refractivity contribution in [3.05, 3.63) is 30.7 Å². The molecule has 2 aromatic rings. The van der Waals surface area contributed by atoms with Gasteiger partial charge in [-0.25, -0.2) is 8.42 Å². The lowest BCUT2D eigenvalue weighted by molar-refractivity contribution is 0.277. The Bertz CT molecular complexity index is 626. The summed E-state index contributed by atoms with van der Waals surface area (Å²) in [5, 5.41) is 19.8. The molecule has 19 heavy (non-hydrogen) atoms. The molecule has 0 unspecified atom stereocenters. The van der Waals surface area contributed by atoms with Crippen LogP contribution < -0.4 is 4.72 Å². The quantitative estimate of drug-likeness (QED) is 0.763. The molecule has 0 saturated carbocycles. The van der Waals surface area contributed by atoms with Crippen molar-refractivity contribution in [2.24, 2.45) is 0 Å². The van der Waals surface area contributed by atoms with Crippen molar-refractivity contribution in [2.45, 2.75) is 17.9 Å². The predicted molar refractivity (Wildman–Crippen MR) is 66.8 cm³/mol. The Kier molecular flexibility index (Phi) is 4.07. The van der Waals surface area contributed by atoms with Gasteiger partial charge in [-0.1, -0.05) is 0 Å². The fourth-order valence-corrected chi connectivity index (χ4v) is 2.34. The fraction of sp³-hybridized carbons (Fsp3) is 0.300. The van der Waals surface area contributed by atoms with E-state index in [0.29, 0.717) is 13.0 Å². The van der Waals surface area contributed by atoms with Crippen LogP contribution in [-0.2, 0) is 16.6 Å². The van der Waals surface area contributed by atoms with Gasteiger partial charge in [-0.3, -0.25) is 9.40 Å². The van der Waals surface area contributed by atoms with Crippen LogP contribution in [0.25, 0.3) is 0 Å². The Morgan fingerprint density at radius 1 is 1.42 bits per heavy atom. The van der Waals surface area contributed by atoms with Crippen LogP contribution in [0.2, 0.25) is 0 Å². The van der Waals surface area contributed by atoms with Crippen LogP contribution in [0.15, 0.2) is 35.6 Å². The highest BCUT2D eigenvalue weighted by Crippen LogP contribution is 2.12. The second-order valence-electron chi connectivity index (χ2n) is 3.73. The van der Waals surface area contributed by atoms with Gasteiger partial charge in [-0.15, -0.1) is 5.10 Å². The van der Waals surface area contributed by atoms with E-state index >= 15 is 0 Å². The van der Waals surface area contributed by atoms with E-state index < -0.39 is 10.0 Å². The summed E-state index contributed by atoms with van der Waals surface area (Å²) < 4.78 is 27.8. The summed E-state index contributed by atoms with van der Waals surface area (Å²) in [4.78, 5) is 0.0380. The molecule has 0 aromatic carbocycles. The zero-order chi connectivity index (χ0) is 13.7. The molecule has 2 heterocycles. The third kappa shape index (κ3) is 3.48. The minimum Gasteiger partial charge on any atom is -0.396 e. The van der Waals surface area contributed by atoms with Crippen molar-refractivity contribution in [3.63, 3.8) is 0 Å². The molecule has 0 bridgehead atoms. The van der Waals surface area contributed by atoms with Crippen molar-refractivity contribution in [3.8, 4) is 0 Å². The molecule has 0 radical (unpaired) electrons. The van der Waals surface area contributed by atoms with Gasteiger partial charge < -0.3 is 5.11 Å². The molecule has 2 N–H and O–H groups in total. The highest BCUT2D eigenvalue weighted by Gasteiger charge is 2.17. The van der Waals surface area contributed by atoms with Crippen LogP contribution in [0.1, 0.15) is 6.42 Å². The van der Waals surface area contributed by atoms with Crippen LogP contribution >= 0.6 is 0 Å². The van der Waals surface area contributed by atoms with Crippen molar-refractivity contribution in [1.29, 1.82) is 0 Å². The van der Waals surface area contributed by atoms with E-state index in [9.17, 15) is 8.42 Å². The van der Waals surface area contributed by atoms with E-state index in [0.717, 1.165) is 0 Å². The molecule has 0 aliphatic heterocycles. The largest absolute Gasteiger partial charge is 0.396 e. The number of anilines is 1. The van der Waals surface area contributed by atoms with Crippen LogP contribution in [0.5, 0.6) is 0 Å². The zero-order valence-electron chi connectivity index (χ0n) is 9.97. The second kappa shape index (κ2) is 5.76. The summed E-state index contributed by atoms with van der Waals surface area (Å²) in [5.74, 6) is 0.144. The van der Waals surface area contributed by atoms with Crippen LogP contribution in [-0.4, -0.2) is 40.1 Å². The first kappa shape index (κ1) is 13.4. The number of aromatic nitrogens is 4. The first-order valence-corrected chi connectivity index (χ1v) is 7.04. The van der Waals surface area contributed by atoms with Gasteiger partial charge >= 0.3 is 0 Å². The topological polar surface area (TPSA) is 110 Å². The Hall–Kier alpha value is -2.00. The molecular weight excluding hydrogens is 270 g/mol. The fourth-order valence-electron chi connectivity index (χ4n) is 1.39. The van der Waals surface area contributed by atoms with Crippen molar-refractivity contribution in [2.75, 3.05) is 11.3 Å². The number of aliphatic hydroxyl groups excluding tert-OH is 1. The summed E-state index contributed by atoms with van der Waals surface area (Å²) >= 11 is 0. The standard InChI is InChI=1S/C10H13N5O3S/c16-6-2-5-15-8-9(7-12-15)19(17,18)14-10-3-1-4-11-13-10/h1,3-4,7-8,16H,2,5-6H2,(H,13,14). The van der Waals surface area contributed by atoms with E-state index in [4.69, 9.17) is 5.11 Å². The summed E-state index contributed by atoms with van der Waals surface area (Å²) in [7, 11) is -3.72. The molecule has 0 fully saturated rings. The molecule has 0 aliphatic rings. The van der Waals surface area contributed by atoms with Gasteiger partial charge in [-0.05, 0) is 18.6 Å². The van der Waals surface area contributed by atoms with Crippen molar-refractivity contribution >= 4 is 15.8 Å². The van der Waals surface area contributed by atoms with Gasteiger partial charge in [0.05, 0.1) is 6.20 Å². The van der Waals surface area contributed by atoms with Gasteiger partial charge in [0, 0.05) is 25.5 Å². The van der Waals surface area contributed by atoms with E-state index in [-0.39, 0.29) is 17.3 Å². The lowest BCUT2D eigenvalue weighted by Crippen LogP contribution is -2.13. The smallest absolute Gasteiger partial charge is 0.266 e. The van der Waals surface area contributed by atoms with Crippen LogP contribution in [0.4, 0.5) is 5.82 Å². The number of nitrogens with one attached hydrogen (secondary N) is 1. The van der Waals surface area contributed by atoms with Gasteiger partial charge in [-0.2, -0.15) is 10.2 Å². The number of hydrogen-bond donors (Lipinski definition) is 2. The zero-order valence-corrected chi connectivity index (χ0v) is 10.8. The summed E-state index contributed by atoms with van der Waals surface area (Å²) in [6.07, 6.45) is 4.61. The maximum atomic E-state index is 12.0. The number of hydrogen-bond acceptors (Lipinski definition) is 6. The lowest BCUT2D eigenvalue weighted by Gasteiger charge is -2.03. The SMILES string of the molecule is O=S(=O)(Nc1cccnn1)c1cnn(CCCO)c1. The van der Waals surface area contributed by atoms with E-state index in [1.54, 1.807) is 6.07 Å². The number of aliphatic hydroxyl groups is 1. The average molecular weight is 283 g/mol. The molecule has 0 amide bonds. The van der Waals surface area contributed by atoms with E-state index in [2.05, 4.69) is 20.0 Å². The Morgan fingerprint density at radius 2 is 2.26 bits per heavy atom. The van der Waals surface area contributed by atoms with Gasteiger partial charge in [0.1, 0.15) is 4.90 Å². The molecular formula is C10H13N5O3S. The maximum Gasteiger partial charge on any atom is 0.266 e.